The molecule has 0 aliphatic carbocycles. The third kappa shape index (κ3) is 3.91. The first-order valence-electron chi connectivity index (χ1n) is 7.19. The maximum Gasteiger partial charge on any atom is 0.185 e. The normalized spacial score (nSPS) is 19.3. The molecule has 1 aromatic rings. The highest BCUT2D eigenvalue weighted by molar-refractivity contribution is 7.13. The highest BCUT2D eigenvalue weighted by Crippen LogP contribution is 2.22. The standard InChI is InChI=1S/C14H26N4OS/c1-14(2,19-3)10-12(11-15)17-5-7-18(8-6-17)13-16-4-9-20-13/h4,9,12H,5-8,10-11,15H2,1-3H3. The van der Waals surface area contributed by atoms with Crippen molar-refractivity contribution in [3.05, 3.63) is 11.6 Å². The molecular formula is C14H26N4OS. The molecule has 2 heterocycles. The molecule has 6 heteroatoms. The fourth-order valence-electron chi connectivity index (χ4n) is 2.66. The second kappa shape index (κ2) is 6.85. The summed E-state index contributed by atoms with van der Waals surface area (Å²) in [6.07, 6.45) is 2.84. The Balaban J connectivity index is 1.88. The average molecular weight is 298 g/mol. The van der Waals surface area contributed by atoms with Gasteiger partial charge >= 0.3 is 0 Å². The topological polar surface area (TPSA) is 54.6 Å². The van der Waals surface area contributed by atoms with Gasteiger partial charge in [0.25, 0.3) is 0 Å². The zero-order valence-electron chi connectivity index (χ0n) is 12.7. The minimum Gasteiger partial charge on any atom is -0.379 e. The molecule has 0 spiro atoms. The summed E-state index contributed by atoms with van der Waals surface area (Å²) in [5.41, 5.74) is 5.86. The first kappa shape index (κ1) is 15.7. The highest BCUT2D eigenvalue weighted by Gasteiger charge is 2.29. The molecule has 20 heavy (non-hydrogen) atoms. The van der Waals surface area contributed by atoms with Gasteiger partial charge in [0.05, 0.1) is 5.60 Å². The zero-order chi connectivity index (χ0) is 14.6. The Labute approximate surface area is 125 Å². The molecule has 2 N–H and O–H groups in total. The van der Waals surface area contributed by atoms with Crippen molar-refractivity contribution in [2.75, 3.05) is 44.7 Å². The van der Waals surface area contributed by atoms with Gasteiger partial charge in [-0.2, -0.15) is 0 Å². The van der Waals surface area contributed by atoms with Gasteiger partial charge in [0, 0.05) is 57.5 Å². The predicted molar refractivity (Wildman–Crippen MR) is 84.4 cm³/mol. The van der Waals surface area contributed by atoms with Gasteiger partial charge in [-0.1, -0.05) is 0 Å². The van der Waals surface area contributed by atoms with Gasteiger partial charge in [0.2, 0.25) is 0 Å². The van der Waals surface area contributed by atoms with Crippen LogP contribution in [0.5, 0.6) is 0 Å². The van der Waals surface area contributed by atoms with Gasteiger partial charge in [0.1, 0.15) is 0 Å². The molecule has 1 atom stereocenters. The smallest absolute Gasteiger partial charge is 0.185 e. The Morgan fingerprint density at radius 1 is 1.40 bits per heavy atom. The summed E-state index contributed by atoms with van der Waals surface area (Å²) in [5, 5.41) is 3.16. The highest BCUT2D eigenvalue weighted by atomic mass is 32.1. The van der Waals surface area contributed by atoms with Crippen molar-refractivity contribution in [1.82, 2.24) is 9.88 Å². The second-order valence-corrected chi connectivity index (χ2v) is 6.77. The molecule has 0 radical (unpaired) electrons. The molecule has 5 nitrogen and oxygen atoms in total. The van der Waals surface area contributed by atoms with Gasteiger partial charge < -0.3 is 15.4 Å². The molecule has 0 amide bonds. The lowest BCUT2D eigenvalue weighted by Gasteiger charge is -2.41. The summed E-state index contributed by atoms with van der Waals surface area (Å²) in [6.45, 7) is 9.07. The molecule has 1 aromatic heterocycles. The Morgan fingerprint density at radius 2 is 2.10 bits per heavy atom. The Hall–Kier alpha value is -0.690. The fourth-order valence-corrected chi connectivity index (χ4v) is 3.36. The monoisotopic (exact) mass is 298 g/mol. The van der Waals surface area contributed by atoms with Crippen LogP contribution in [-0.2, 0) is 4.74 Å². The maximum absolute atomic E-state index is 5.97. The molecule has 1 aliphatic rings. The van der Waals surface area contributed by atoms with Crippen LogP contribution in [0.25, 0.3) is 0 Å². The van der Waals surface area contributed by atoms with Crippen LogP contribution >= 0.6 is 11.3 Å². The van der Waals surface area contributed by atoms with Crippen LogP contribution in [0.3, 0.4) is 0 Å². The predicted octanol–water partition coefficient (Wildman–Crippen LogP) is 1.41. The first-order chi connectivity index (χ1) is 9.55. The molecule has 0 bridgehead atoms. The number of methoxy groups -OCH3 is 1. The number of hydrogen-bond acceptors (Lipinski definition) is 6. The largest absolute Gasteiger partial charge is 0.379 e. The van der Waals surface area contributed by atoms with Crippen LogP contribution in [0.4, 0.5) is 5.13 Å². The third-order valence-corrected chi connectivity index (χ3v) is 4.90. The van der Waals surface area contributed by atoms with Crippen molar-refractivity contribution in [3.63, 3.8) is 0 Å². The van der Waals surface area contributed by atoms with Crippen LogP contribution in [0.1, 0.15) is 20.3 Å². The molecular weight excluding hydrogens is 272 g/mol. The molecule has 0 saturated carbocycles. The lowest BCUT2D eigenvalue weighted by molar-refractivity contribution is -0.00831. The number of nitrogens with two attached hydrogens (primary N) is 1. The van der Waals surface area contributed by atoms with E-state index in [4.69, 9.17) is 10.5 Å². The van der Waals surface area contributed by atoms with E-state index in [0.29, 0.717) is 12.6 Å². The van der Waals surface area contributed by atoms with Crippen LogP contribution in [0.15, 0.2) is 11.6 Å². The van der Waals surface area contributed by atoms with Crippen molar-refractivity contribution in [2.45, 2.75) is 31.9 Å². The minimum absolute atomic E-state index is 0.115. The Kier molecular flexibility index (Phi) is 5.37. The van der Waals surface area contributed by atoms with Crippen molar-refractivity contribution in [2.24, 2.45) is 5.73 Å². The van der Waals surface area contributed by atoms with E-state index in [2.05, 4.69) is 28.6 Å². The lowest BCUT2D eigenvalue weighted by atomic mass is 9.97. The number of aromatic nitrogens is 1. The van der Waals surface area contributed by atoms with Crippen LogP contribution in [0, 0.1) is 0 Å². The molecule has 1 unspecified atom stereocenters. The van der Waals surface area contributed by atoms with Crippen LogP contribution < -0.4 is 10.6 Å². The minimum atomic E-state index is -0.115. The van der Waals surface area contributed by atoms with E-state index in [0.717, 1.165) is 37.7 Å². The third-order valence-electron chi connectivity index (χ3n) is 4.07. The number of rotatable bonds is 6. The molecule has 1 aliphatic heterocycles. The van der Waals surface area contributed by atoms with Crippen molar-refractivity contribution in [1.29, 1.82) is 0 Å². The Bertz CT molecular complexity index is 388. The Morgan fingerprint density at radius 3 is 2.60 bits per heavy atom. The van der Waals surface area contributed by atoms with E-state index >= 15 is 0 Å². The quantitative estimate of drug-likeness (QED) is 0.860. The van der Waals surface area contributed by atoms with Crippen LogP contribution in [-0.4, -0.2) is 61.4 Å². The summed E-state index contributed by atoms with van der Waals surface area (Å²) in [5.74, 6) is 0. The van der Waals surface area contributed by atoms with Gasteiger partial charge in [-0.3, -0.25) is 4.90 Å². The molecule has 1 saturated heterocycles. The summed E-state index contributed by atoms with van der Waals surface area (Å²) in [4.78, 5) is 9.23. The van der Waals surface area contributed by atoms with E-state index in [-0.39, 0.29) is 5.60 Å². The van der Waals surface area contributed by atoms with E-state index in [1.807, 2.05) is 11.6 Å². The SMILES string of the molecule is COC(C)(C)CC(CN)N1CCN(c2nccs2)CC1. The summed E-state index contributed by atoms with van der Waals surface area (Å²) in [6, 6.07) is 0.392. The van der Waals surface area contributed by atoms with Gasteiger partial charge in [0.15, 0.2) is 5.13 Å². The number of nitrogens with zero attached hydrogens (tertiary/aromatic N) is 3. The van der Waals surface area contributed by atoms with Gasteiger partial charge in [-0.05, 0) is 20.3 Å². The summed E-state index contributed by atoms with van der Waals surface area (Å²) < 4.78 is 5.54. The number of piperazine rings is 1. The van der Waals surface area contributed by atoms with E-state index < -0.39 is 0 Å². The molecule has 2 rings (SSSR count). The van der Waals surface area contributed by atoms with Crippen LogP contribution in [0.2, 0.25) is 0 Å². The average Bonchev–Trinajstić information content (AvgIpc) is 2.99. The van der Waals surface area contributed by atoms with Gasteiger partial charge in [-0.15, -0.1) is 11.3 Å². The number of anilines is 1. The van der Waals surface area contributed by atoms with Gasteiger partial charge in [-0.25, -0.2) is 4.98 Å². The van der Waals surface area contributed by atoms with E-state index in [1.54, 1.807) is 18.4 Å². The number of thiazole rings is 1. The number of hydrogen-bond donors (Lipinski definition) is 1. The first-order valence-corrected chi connectivity index (χ1v) is 8.07. The molecule has 0 aromatic carbocycles. The second-order valence-electron chi connectivity index (χ2n) is 5.90. The number of ether oxygens (including phenoxy) is 1. The molecule has 114 valence electrons. The zero-order valence-corrected chi connectivity index (χ0v) is 13.5. The van der Waals surface area contributed by atoms with E-state index in [1.165, 1.54) is 0 Å². The molecule has 1 fully saturated rings. The maximum atomic E-state index is 5.97. The fraction of sp³-hybridized carbons (Fsp3) is 0.786. The summed E-state index contributed by atoms with van der Waals surface area (Å²) in [7, 11) is 1.77. The van der Waals surface area contributed by atoms with Crippen molar-refractivity contribution >= 4 is 16.5 Å². The lowest BCUT2D eigenvalue weighted by Crippen LogP contribution is -2.54. The van der Waals surface area contributed by atoms with Crippen molar-refractivity contribution in [3.8, 4) is 0 Å². The summed E-state index contributed by atoms with van der Waals surface area (Å²) >= 11 is 1.71. The van der Waals surface area contributed by atoms with E-state index in [9.17, 15) is 0 Å². The van der Waals surface area contributed by atoms with Crippen molar-refractivity contribution < 1.29 is 4.74 Å².